The van der Waals surface area contributed by atoms with Gasteiger partial charge < -0.3 is 11.1 Å². The highest BCUT2D eigenvalue weighted by molar-refractivity contribution is 5.75. The van der Waals surface area contributed by atoms with Gasteiger partial charge in [-0.2, -0.15) is 0 Å². The number of rotatable bonds is 8. The van der Waals surface area contributed by atoms with Gasteiger partial charge in [0.25, 0.3) is 0 Å². The fraction of sp³-hybridized carbons (Fsp3) is 0.500. The van der Waals surface area contributed by atoms with Crippen LogP contribution in [0.3, 0.4) is 0 Å². The van der Waals surface area contributed by atoms with Gasteiger partial charge in [-0.3, -0.25) is 4.79 Å². The summed E-state index contributed by atoms with van der Waals surface area (Å²) in [6, 6.07) is 6.15. The average molecular weight is 252 g/mol. The minimum absolute atomic E-state index is 0.0482. The fourth-order valence-electron chi connectivity index (χ4n) is 1.67. The molecule has 0 unspecified atom stereocenters. The molecule has 3 nitrogen and oxygen atoms in total. The van der Waals surface area contributed by atoms with Gasteiger partial charge in [0.05, 0.1) is 0 Å². The molecule has 0 aromatic heterocycles. The van der Waals surface area contributed by atoms with Crippen molar-refractivity contribution >= 4 is 5.91 Å². The van der Waals surface area contributed by atoms with Gasteiger partial charge in [0.15, 0.2) is 0 Å². The second-order valence-corrected chi connectivity index (χ2v) is 4.36. The summed E-state index contributed by atoms with van der Waals surface area (Å²) in [4.78, 5) is 11.5. The van der Waals surface area contributed by atoms with Gasteiger partial charge in [-0.05, 0) is 37.1 Å². The second-order valence-electron chi connectivity index (χ2n) is 4.36. The molecule has 18 heavy (non-hydrogen) atoms. The summed E-state index contributed by atoms with van der Waals surface area (Å²) in [5.41, 5.74) is 6.30. The van der Waals surface area contributed by atoms with Gasteiger partial charge in [-0.15, -0.1) is 0 Å². The van der Waals surface area contributed by atoms with E-state index in [0.29, 0.717) is 13.0 Å². The lowest BCUT2D eigenvalue weighted by Crippen LogP contribution is -2.22. The molecule has 1 aromatic carbocycles. The van der Waals surface area contributed by atoms with Gasteiger partial charge >= 0.3 is 0 Å². The molecular weight excluding hydrogens is 231 g/mol. The third-order valence-electron chi connectivity index (χ3n) is 2.76. The molecule has 100 valence electrons. The molecule has 0 bridgehead atoms. The molecule has 0 saturated carbocycles. The van der Waals surface area contributed by atoms with E-state index >= 15 is 0 Å². The highest BCUT2D eigenvalue weighted by atomic mass is 19.1. The van der Waals surface area contributed by atoms with Crippen LogP contribution in [0.15, 0.2) is 24.3 Å². The monoisotopic (exact) mass is 252 g/mol. The zero-order valence-electron chi connectivity index (χ0n) is 10.6. The fourth-order valence-corrected chi connectivity index (χ4v) is 1.67. The third-order valence-corrected chi connectivity index (χ3v) is 2.76. The van der Waals surface area contributed by atoms with Gasteiger partial charge in [-0.25, -0.2) is 4.39 Å². The van der Waals surface area contributed by atoms with E-state index in [2.05, 4.69) is 5.32 Å². The van der Waals surface area contributed by atoms with Gasteiger partial charge in [0, 0.05) is 13.0 Å². The molecule has 0 saturated heterocycles. The van der Waals surface area contributed by atoms with Crippen LogP contribution in [-0.4, -0.2) is 12.5 Å². The maximum absolute atomic E-state index is 12.7. The van der Waals surface area contributed by atoms with Crippen molar-refractivity contribution in [2.45, 2.75) is 38.6 Å². The number of benzene rings is 1. The Kier molecular flexibility index (Phi) is 7.03. The van der Waals surface area contributed by atoms with Crippen molar-refractivity contribution < 1.29 is 9.18 Å². The zero-order chi connectivity index (χ0) is 13.2. The summed E-state index contributed by atoms with van der Waals surface area (Å²) in [7, 11) is 0. The highest BCUT2D eigenvalue weighted by Crippen LogP contribution is 2.04. The zero-order valence-corrected chi connectivity index (χ0v) is 10.6. The first kappa shape index (κ1) is 14.6. The number of nitrogens with two attached hydrogens (primary N) is 1. The van der Waals surface area contributed by atoms with Crippen molar-refractivity contribution in [3.05, 3.63) is 35.6 Å². The summed E-state index contributed by atoms with van der Waals surface area (Å²) in [5, 5.41) is 2.82. The first-order valence-electron chi connectivity index (χ1n) is 6.43. The molecule has 4 heteroatoms. The first-order chi connectivity index (χ1) is 8.72. The molecule has 3 N–H and O–H groups in total. The Bertz CT molecular complexity index is 351. The van der Waals surface area contributed by atoms with Crippen LogP contribution in [0, 0.1) is 5.82 Å². The largest absolute Gasteiger partial charge is 0.352 e. The Morgan fingerprint density at radius 1 is 1.11 bits per heavy atom. The highest BCUT2D eigenvalue weighted by Gasteiger charge is 2.01. The van der Waals surface area contributed by atoms with E-state index < -0.39 is 0 Å². The number of amides is 1. The summed E-state index contributed by atoms with van der Waals surface area (Å²) in [6.07, 6.45) is 4.60. The second kappa shape index (κ2) is 8.64. The van der Waals surface area contributed by atoms with Crippen LogP contribution in [0.2, 0.25) is 0 Å². The van der Waals surface area contributed by atoms with Crippen molar-refractivity contribution in [1.82, 2.24) is 5.32 Å². The number of halogens is 1. The Hall–Kier alpha value is -1.42. The quantitative estimate of drug-likeness (QED) is 0.698. The average Bonchev–Trinajstić information content (AvgIpc) is 2.38. The Morgan fingerprint density at radius 2 is 1.78 bits per heavy atom. The lowest BCUT2D eigenvalue weighted by Gasteiger charge is -2.05. The molecule has 0 aliphatic carbocycles. The number of unbranched alkanes of at least 4 members (excludes halogenated alkanes) is 3. The Morgan fingerprint density at radius 3 is 2.44 bits per heavy atom. The minimum atomic E-state index is -0.259. The number of hydrogen-bond donors (Lipinski definition) is 2. The first-order valence-corrected chi connectivity index (χ1v) is 6.43. The van der Waals surface area contributed by atoms with Gasteiger partial charge in [-0.1, -0.05) is 25.0 Å². The topological polar surface area (TPSA) is 55.1 Å². The van der Waals surface area contributed by atoms with Crippen LogP contribution >= 0.6 is 0 Å². The van der Waals surface area contributed by atoms with E-state index in [9.17, 15) is 9.18 Å². The predicted octanol–water partition coefficient (Wildman–Crippen LogP) is 2.35. The molecule has 0 aliphatic rings. The van der Waals surface area contributed by atoms with E-state index in [-0.39, 0.29) is 11.7 Å². The lowest BCUT2D eigenvalue weighted by atomic mass is 10.1. The summed E-state index contributed by atoms with van der Waals surface area (Å²) in [5.74, 6) is -0.211. The van der Waals surface area contributed by atoms with E-state index in [1.807, 2.05) is 0 Å². The smallest absolute Gasteiger partial charge is 0.220 e. The maximum Gasteiger partial charge on any atom is 0.220 e. The summed E-state index contributed by atoms with van der Waals surface area (Å²) >= 11 is 0. The van der Waals surface area contributed by atoms with Gasteiger partial charge in [0.1, 0.15) is 5.82 Å². The van der Waals surface area contributed by atoms with Crippen molar-refractivity contribution in [2.24, 2.45) is 5.73 Å². The Balaban J connectivity index is 2.11. The molecule has 0 spiro atoms. The van der Waals surface area contributed by atoms with E-state index in [1.165, 1.54) is 12.1 Å². The van der Waals surface area contributed by atoms with Crippen LogP contribution in [0.1, 0.15) is 37.7 Å². The van der Waals surface area contributed by atoms with E-state index in [0.717, 1.165) is 37.8 Å². The summed E-state index contributed by atoms with van der Waals surface area (Å²) < 4.78 is 12.7. The molecular formula is C14H21FN2O. The van der Waals surface area contributed by atoms with Crippen LogP contribution in [0.4, 0.5) is 4.39 Å². The molecule has 0 heterocycles. The van der Waals surface area contributed by atoms with E-state index in [1.54, 1.807) is 12.1 Å². The number of carbonyl (C=O) groups excluding carboxylic acids is 1. The number of nitrogens with one attached hydrogen (secondary N) is 1. The number of carbonyl (C=O) groups is 1. The molecule has 1 aromatic rings. The van der Waals surface area contributed by atoms with Crippen molar-refractivity contribution in [3.63, 3.8) is 0 Å². The minimum Gasteiger partial charge on any atom is -0.352 e. The molecule has 1 rings (SSSR count). The van der Waals surface area contributed by atoms with Crippen LogP contribution in [0.25, 0.3) is 0 Å². The molecule has 0 radical (unpaired) electrons. The summed E-state index contributed by atoms with van der Waals surface area (Å²) in [6.45, 7) is 1.18. The maximum atomic E-state index is 12.7. The van der Waals surface area contributed by atoms with Crippen molar-refractivity contribution in [1.29, 1.82) is 0 Å². The molecule has 0 aliphatic heterocycles. The molecule has 0 atom stereocenters. The lowest BCUT2D eigenvalue weighted by molar-refractivity contribution is -0.121. The SMILES string of the molecule is NCCCCCCC(=O)NCc1ccc(F)cc1. The third kappa shape index (κ3) is 6.35. The molecule has 1 amide bonds. The standard InChI is InChI=1S/C14H21FN2O/c15-13-8-6-12(7-9-13)11-17-14(18)5-3-1-2-4-10-16/h6-9H,1-5,10-11,16H2,(H,17,18). The van der Waals surface area contributed by atoms with Crippen LogP contribution in [-0.2, 0) is 11.3 Å². The Labute approximate surface area is 108 Å². The van der Waals surface area contributed by atoms with Crippen LogP contribution in [0.5, 0.6) is 0 Å². The predicted molar refractivity (Wildman–Crippen MR) is 70.4 cm³/mol. The number of hydrogen-bond acceptors (Lipinski definition) is 2. The van der Waals surface area contributed by atoms with Gasteiger partial charge in [0.2, 0.25) is 5.91 Å². The molecule has 0 fully saturated rings. The normalized spacial score (nSPS) is 10.3. The van der Waals surface area contributed by atoms with Crippen LogP contribution < -0.4 is 11.1 Å². The van der Waals surface area contributed by atoms with Crippen molar-refractivity contribution in [2.75, 3.05) is 6.54 Å². The van der Waals surface area contributed by atoms with E-state index in [4.69, 9.17) is 5.73 Å². The van der Waals surface area contributed by atoms with Crippen molar-refractivity contribution in [3.8, 4) is 0 Å².